The summed E-state index contributed by atoms with van der Waals surface area (Å²) in [4.78, 5) is 0. The third-order valence-corrected chi connectivity index (χ3v) is 5.81. The van der Waals surface area contributed by atoms with Crippen molar-refractivity contribution < 1.29 is 9.47 Å². The highest BCUT2D eigenvalue weighted by atomic mass is 35.5. The predicted molar refractivity (Wildman–Crippen MR) is 135 cm³/mol. The summed E-state index contributed by atoms with van der Waals surface area (Å²) < 4.78 is 10.6. The molecule has 0 aliphatic heterocycles. The Balaban J connectivity index is 0.00000480. The van der Waals surface area contributed by atoms with Gasteiger partial charge >= 0.3 is 0 Å². The van der Waals surface area contributed by atoms with Crippen molar-refractivity contribution in [2.45, 2.75) is 38.5 Å². The normalized spacial score (nSPS) is 10.6. The van der Waals surface area contributed by atoms with Gasteiger partial charge in [0, 0.05) is 0 Å². The van der Waals surface area contributed by atoms with Crippen molar-refractivity contribution in [3.05, 3.63) is 57.6 Å². The third kappa shape index (κ3) is 10.8. The van der Waals surface area contributed by atoms with E-state index in [0.29, 0.717) is 10.0 Å². The molecule has 0 aliphatic carbocycles. The zero-order chi connectivity index (χ0) is 21.6. The van der Waals surface area contributed by atoms with Gasteiger partial charge in [0.1, 0.15) is 0 Å². The first-order valence-corrected chi connectivity index (χ1v) is 11.5. The molecule has 174 valence electrons. The minimum atomic E-state index is 0. The Kier molecular flexibility index (Phi) is 14.8. The van der Waals surface area contributed by atoms with Crippen LogP contribution in [0.3, 0.4) is 0 Å². The van der Waals surface area contributed by atoms with Crippen molar-refractivity contribution in [2.24, 2.45) is 0 Å². The molecule has 2 aromatic carbocycles. The highest BCUT2D eigenvalue weighted by Gasteiger charge is 2.04. The molecule has 0 radical (unpaired) electrons. The Labute approximate surface area is 203 Å². The maximum absolute atomic E-state index is 6.04. The van der Waals surface area contributed by atoms with Crippen molar-refractivity contribution in [1.29, 1.82) is 0 Å². The first-order chi connectivity index (χ1) is 14.6. The lowest BCUT2D eigenvalue weighted by molar-refractivity contribution is 0.354. The number of hydrogen-bond donors (Lipinski definition) is 2. The molecule has 2 aromatic rings. The highest BCUT2D eigenvalue weighted by Crippen LogP contribution is 2.27. The van der Waals surface area contributed by atoms with Gasteiger partial charge in [-0.1, -0.05) is 48.2 Å². The van der Waals surface area contributed by atoms with Crippen LogP contribution in [0.5, 0.6) is 11.5 Å². The summed E-state index contributed by atoms with van der Waals surface area (Å²) in [6, 6.07) is 12.0. The zero-order valence-corrected chi connectivity index (χ0v) is 20.8. The van der Waals surface area contributed by atoms with Gasteiger partial charge in [0.15, 0.2) is 11.5 Å². The second kappa shape index (κ2) is 16.5. The molecule has 0 aromatic heterocycles. The van der Waals surface area contributed by atoms with Crippen molar-refractivity contribution >= 4 is 35.6 Å². The fraction of sp³-hybridized carbons (Fsp3) is 0.500. The monoisotopic (exact) mass is 488 g/mol. The van der Waals surface area contributed by atoms with Gasteiger partial charge in [-0.05, 0) is 87.3 Å². The van der Waals surface area contributed by atoms with Crippen LogP contribution in [-0.2, 0) is 12.8 Å². The molecule has 4 nitrogen and oxygen atoms in total. The zero-order valence-electron chi connectivity index (χ0n) is 18.5. The summed E-state index contributed by atoms with van der Waals surface area (Å²) in [5.41, 5.74) is 2.48. The molecule has 0 atom stereocenters. The number of halogens is 3. The lowest BCUT2D eigenvalue weighted by Gasteiger charge is -2.10. The molecule has 7 heteroatoms. The van der Waals surface area contributed by atoms with Crippen LogP contribution in [0, 0.1) is 0 Å². The van der Waals surface area contributed by atoms with E-state index in [-0.39, 0.29) is 12.4 Å². The summed E-state index contributed by atoms with van der Waals surface area (Å²) >= 11 is 12.0. The Morgan fingerprint density at radius 1 is 0.645 bits per heavy atom. The molecule has 2 rings (SSSR count). The van der Waals surface area contributed by atoms with E-state index in [9.17, 15) is 0 Å². The van der Waals surface area contributed by atoms with E-state index in [4.69, 9.17) is 32.7 Å². The molecule has 0 heterocycles. The lowest BCUT2D eigenvalue weighted by atomic mass is 10.1. The molecule has 0 spiro atoms. The first kappa shape index (κ1) is 27.9. The van der Waals surface area contributed by atoms with Crippen molar-refractivity contribution in [1.82, 2.24) is 10.6 Å². The number of rotatable bonds is 15. The van der Waals surface area contributed by atoms with Crippen molar-refractivity contribution in [2.75, 3.05) is 40.4 Å². The highest BCUT2D eigenvalue weighted by molar-refractivity contribution is 6.42. The maximum atomic E-state index is 6.04. The number of methoxy groups -OCH3 is 2. The number of ether oxygens (including phenoxy) is 2. The fourth-order valence-corrected chi connectivity index (χ4v) is 3.62. The Hall–Kier alpha value is -1.17. The van der Waals surface area contributed by atoms with E-state index in [1.54, 1.807) is 14.2 Å². The first-order valence-electron chi connectivity index (χ1n) is 10.7. The van der Waals surface area contributed by atoms with Gasteiger partial charge in [0.25, 0.3) is 0 Å². The molecule has 0 bridgehead atoms. The Bertz CT molecular complexity index is 760. The number of benzene rings is 2. The van der Waals surface area contributed by atoms with Crippen LogP contribution < -0.4 is 20.1 Å². The van der Waals surface area contributed by atoms with Crippen LogP contribution >= 0.6 is 35.6 Å². The summed E-state index contributed by atoms with van der Waals surface area (Å²) in [6.45, 7) is 4.08. The van der Waals surface area contributed by atoms with E-state index in [1.807, 2.05) is 24.3 Å². The number of nitrogens with one attached hydrogen (secondary N) is 2. The molecule has 0 amide bonds. The minimum absolute atomic E-state index is 0. The van der Waals surface area contributed by atoms with Crippen LogP contribution in [0.25, 0.3) is 0 Å². The Morgan fingerprint density at radius 2 is 1.19 bits per heavy atom. The van der Waals surface area contributed by atoms with E-state index < -0.39 is 0 Å². The van der Waals surface area contributed by atoms with E-state index in [2.05, 4.69) is 22.8 Å². The van der Waals surface area contributed by atoms with Gasteiger partial charge in [-0.15, -0.1) is 12.4 Å². The molecule has 0 saturated heterocycles. The van der Waals surface area contributed by atoms with E-state index >= 15 is 0 Å². The van der Waals surface area contributed by atoms with Gasteiger partial charge in [0.2, 0.25) is 0 Å². The summed E-state index contributed by atoms with van der Waals surface area (Å²) in [6.07, 6.45) is 6.92. The number of hydrogen-bond acceptors (Lipinski definition) is 4. The molecule has 0 saturated carbocycles. The summed E-state index contributed by atoms with van der Waals surface area (Å²) in [5.74, 6) is 1.57. The van der Waals surface area contributed by atoms with Crippen LogP contribution in [-0.4, -0.2) is 40.4 Å². The third-order valence-electron chi connectivity index (χ3n) is 5.07. The van der Waals surface area contributed by atoms with Gasteiger partial charge in [0.05, 0.1) is 24.3 Å². The quantitative estimate of drug-likeness (QED) is 0.303. The van der Waals surface area contributed by atoms with Gasteiger partial charge in [-0.3, -0.25) is 0 Å². The average molecular weight is 490 g/mol. The van der Waals surface area contributed by atoms with E-state index in [1.165, 1.54) is 36.8 Å². The predicted octanol–water partition coefficient (Wildman–Crippen LogP) is 5.96. The van der Waals surface area contributed by atoms with Crippen molar-refractivity contribution in [3.63, 3.8) is 0 Å². The Morgan fingerprint density at radius 3 is 1.74 bits per heavy atom. The number of unbranched alkanes of at least 4 members (excludes halogenated alkanes) is 3. The fourth-order valence-electron chi connectivity index (χ4n) is 3.30. The molecular weight excluding hydrogens is 455 g/mol. The second-order valence-corrected chi connectivity index (χ2v) is 8.17. The molecule has 0 unspecified atom stereocenters. The standard InChI is InChI=1S/C24H34Cl2N2O2.ClH/c1-29-23-10-8-20(18-24(23)30-2)12-16-28-14-6-4-3-5-13-27-15-11-19-7-9-21(25)22(26)17-19;/h7-10,17-18,27-28H,3-6,11-16H2,1-2H3;1H. The molecular formula is C24H35Cl3N2O2. The van der Waals surface area contributed by atoms with Gasteiger partial charge in [-0.25, -0.2) is 0 Å². The van der Waals surface area contributed by atoms with Crippen LogP contribution in [0.15, 0.2) is 36.4 Å². The largest absolute Gasteiger partial charge is 0.493 e. The molecule has 0 aliphatic rings. The van der Waals surface area contributed by atoms with Gasteiger partial charge in [-0.2, -0.15) is 0 Å². The average Bonchev–Trinajstić information content (AvgIpc) is 2.76. The molecule has 0 fully saturated rings. The van der Waals surface area contributed by atoms with E-state index in [0.717, 1.165) is 50.5 Å². The molecule has 31 heavy (non-hydrogen) atoms. The van der Waals surface area contributed by atoms with Crippen LogP contribution in [0.4, 0.5) is 0 Å². The summed E-state index contributed by atoms with van der Waals surface area (Å²) in [7, 11) is 3.33. The SMILES string of the molecule is COc1ccc(CCNCCCCCCNCCc2ccc(Cl)c(Cl)c2)cc1OC.Cl. The van der Waals surface area contributed by atoms with Crippen molar-refractivity contribution in [3.8, 4) is 11.5 Å². The topological polar surface area (TPSA) is 42.5 Å². The maximum Gasteiger partial charge on any atom is 0.160 e. The molecule has 2 N–H and O–H groups in total. The smallest absolute Gasteiger partial charge is 0.160 e. The lowest BCUT2D eigenvalue weighted by Crippen LogP contribution is -2.19. The van der Waals surface area contributed by atoms with Gasteiger partial charge < -0.3 is 20.1 Å². The summed E-state index contributed by atoms with van der Waals surface area (Å²) in [5, 5.41) is 8.28. The van der Waals surface area contributed by atoms with Crippen LogP contribution in [0.1, 0.15) is 36.8 Å². The second-order valence-electron chi connectivity index (χ2n) is 7.35. The van der Waals surface area contributed by atoms with Crippen LogP contribution in [0.2, 0.25) is 10.0 Å². The minimum Gasteiger partial charge on any atom is -0.493 e.